The van der Waals surface area contributed by atoms with Crippen molar-refractivity contribution in [3.63, 3.8) is 0 Å². The summed E-state index contributed by atoms with van der Waals surface area (Å²) in [6.45, 7) is 4.40. The lowest BCUT2D eigenvalue weighted by Gasteiger charge is -2.34. The van der Waals surface area contributed by atoms with E-state index in [4.69, 9.17) is 14.2 Å². The molecular formula is C48H77NO7. The molecule has 0 N–H and O–H groups in total. The summed E-state index contributed by atoms with van der Waals surface area (Å²) < 4.78 is 17.1. The maximum Gasteiger partial charge on any atom is 0.306 e. The van der Waals surface area contributed by atoms with Crippen LogP contribution in [0.4, 0.5) is 0 Å². The minimum absolute atomic E-state index is 0.0145. The maximum absolute atomic E-state index is 12.7. The molecule has 2 unspecified atom stereocenters. The van der Waals surface area contributed by atoms with Crippen molar-refractivity contribution < 1.29 is 38.2 Å². The standard InChI is InChI=1S/C48H77NO7/c1-6-8-10-12-14-16-18-20-22-23-25-26-28-30-32-34-36-38-46(50)55-43-44(42-54-41-40-45(48(52)53)49(3,4)5)56-47(51)39-37-35-33-31-29-27-24-21-19-17-15-13-11-9-7-2/h8,10,12,14-23,25-26,28,44-45H,6-7,9,11,13,24,27,29-43H2,1-5H3/b10-8+,14-12+,17-15+,18-16+,21-19+,22-20+,25-23+,28-26+. The number of hydrogen-bond donors (Lipinski definition) is 0. The van der Waals surface area contributed by atoms with Gasteiger partial charge in [-0.05, 0) is 57.8 Å². The molecule has 0 saturated carbocycles. The molecule has 8 nitrogen and oxygen atoms in total. The molecule has 0 aliphatic rings. The number of carbonyl (C=O) groups excluding carboxylic acids is 3. The summed E-state index contributed by atoms with van der Waals surface area (Å²) in [7, 11) is 5.37. The van der Waals surface area contributed by atoms with E-state index in [1.807, 2.05) is 60.8 Å². The van der Waals surface area contributed by atoms with E-state index in [0.29, 0.717) is 12.8 Å². The predicted octanol–water partition coefficient (Wildman–Crippen LogP) is 10.2. The lowest BCUT2D eigenvalue weighted by Crippen LogP contribution is -2.55. The van der Waals surface area contributed by atoms with Crippen LogP contribution in [0.1, 0.15) is 136 Å². The zero-order valence-corrected chi connectivity index (χ0v) is 35.8. The van der Waals surface area contributed by atoms with Crippen LogP contribution in [0.3, 0.4) is 0 Å². The van der Waals surface area contributed by atoms with E-state index in [-0.39, 0.29) is 49.1 Å². The van der Waals surface area contributed by atoms with E-state index < -0.39 is 18.1 Å². The molecule has 8 heteroatoms. The molecule has 0 heterocycles. The van der Waals surface area contributed by atoms with Crippen LogP contribution in [0.5, 0.6) is 0 Å². The second kappa shape index (κ2) is 38.1. The molecule has 0 rings (SSSR count). The van der Waals surface area contributed by atoms with Crippen molar-refractivity contribution in [2.45, 2.75) is 148 Å². The number of carboxylic acids is 1. The van der Waals surface area contributed by atoms with Gasteiger partial charge in [0.2, 0.25) is 0 Å². The Hall–Kier alpha value is -3.75. The van der Waals surface area contributed by atoms with E-state index in [1.54, 1.807) is 21.1 Å². The molecule has 0 bridgehead atoms. The average Bonchev–Trinajstić information content (AvgIpc) is 3.15. The third-order valence-corrected chi connectivity index (χ3v) is 8.89. The number of rotatable bonds is 36. The number of aliphatic carboxylic acids is 1. The summed E-state index contributed by atoms with van der Waals surface area (Å²) in [5.41, 5.74) is 0. The van der Waals surface area contributed by atoms with Gasteiger partial charge in [-0.25, -0.2) is 0 Å². The number of unbranched alkanes of at least 4 members (excludes halogenated alkanes) is 12. The molecule has 0 amide bonds. The Balaban J connectivity index is 4.51. The van der Waals surface area contributed by atoms with E-state index in [9.17, 15) is 19.5 Å². The highest BCUT2D eigenvalue weighted by Crippen LogP contribution is 2.12. The van der Waals surface area contributed by atoms with Gasteiger partial charge in [-0.3, -0.25) is 9.59 Å². The number of hydrogen-bond acceptors (Lipinski definition) is 7. The predicted molar refractivity (Wildman–Crippen MR) is 231 cm³/mol. The van der Waals surface area contributed by atoms with Crippen LogP contribution in [0.2, 0.25) is 0 Å². The highest BCUT2D eigenvalue weighted by atomic mass is 16.6. The number of allylic oxidation sites excluding steroid dienone is 16. The smallest absolute Gasteiger partial charge is 0.306 e. The van der Waals surface area contributed by atoms with E-state index in [0.717, 1.165) is 64.2 Å². The molecule has 0 spiro atoms. The van der Waals surface area contributed by atoms with Crippen molar-refractivity contribution in [1.29, 1.82) is 0 Å². The van der Waals surface area contributed by atoms with E-state index in [2.05, 4.69) is 50.3 Å². The van der Waals surface area contributed by atoms with E-state index >= 15 is 0 Å². The Bertz CT molecular complexity index is 1230. The van der Waals surface area contributed by atoms with Crippen LogP contribution in [-0.4, -0.2) is 75.5 Å². The summed E-state index contributed by atoms with van der Waals surface area (Å²) in [4.78, 5) is 36.8. The second-order valence-electron chi connectivity index (χ2n) is 15.0. The Labute approximate surface area is 341 Å². The van der Waals surface area contributed by atoms with Crippen molar-refractivity contribution in [1.82, 2.24) is 0 Å². The number of carboxylic acid groups (broad SMARTS) is 1. The topological polar surface area (TPSA) is 102 Å². The average molecular weight is 780 g/mol. The lowest BCUT2D eigenvalue weighted by molar-refractivity contribution is -0.889. The van der Waals surface area contributed by atoms with Crippen LogP contribution in [0, 0.1) is 0 Å². The third kappa shape index (κ3) is 35.9. The highest BCUT2D eigenvalue weighted by molar-refractivity contribution is 5.70. The number of esters is 2. The Morgan fingerprint density at radius 1 is 0.554 bits per heavy atom. The minimum Gasteiger partial charge on any atom is -0.544 e. The van der Waals surface area contributed by atoms with Crippen molar-refractivity contribution in [3.05, 3.63) is 97.2 Å². The summed E-state index contributed by atoms with van der Waals surface area (Å²) in [6.07, 6.45) is 49.9. The Kier molecular flexibility index (Phi) is 35.6. The van der Waals surface area contributed by atoms with Crippen molar-refractivity contribution in [2.24, 2.45) is 0 Å². The van der Waals surface area contributed by atoms with Gasteiger partial charge in [-0.2, -0.15) is 0 Å². The number of ether oxygens (including phenoxy) is 3. The fraction of sp³-hybridized carbons (Fsp3) is 0.604. The summed E-state index contributed by atoms with van der Waals surface area (Å²) in [5.74, 6) is -1.82. The van der Waals surface area contributed by atoms with Gasteiger partial charge in [-0.1, -0.05) is 156 Å². The first-order chi connectivity index (χ1) is 27.1. The minimum atomic E-state index is -1.14. The quantitative estimate of drug-likeness (QED) is 0.0270. The molecule has 0 aromatic rings. The van der Waals surface area contributed by atoms with Gasteiger partial charge in [0.25, 0.3) is 0 Å². The van der Waals surface area contributed by atoms with E-state index in [1.165, 1.54) is 32.1 Å². The largest absolute Gasteiger partial charge is 0.544 e. The maximum atomic E-state index is 12.7. The van der Waals surface area contributed by atoms with Crippen molar-refractivity contribution >= 4 is 17.9 Å². The zero-order chi connectivity index (χ0) is 41.4. The first kappa shape index (κ1) is 52.2. The first-order valence-electron chi connectivity index (χ1n) is 21.4. The van der Waals surface area contributed by atoms with Gasteiger partial charge in [-0.15, -0.1) is 0 Å². The molecule has 0 aromatic carbocycles. The number of quaternary nitrogens is 1. The zero-order valence-electron chi connectivity index (χ0n) is 35.8. The van der Waals surface area contributed by atoms with Crippen LogP contribution in [-0.2, 0) is 28.6 Å². The Morgan fingerprint density at radius 2 is 1.00 bits per heavy atom. The molecule has 56 heavy (non-hydrogen) atoms. The van der Waals surface area contributed by atoms with Crippen LogP contribution in [0.25, 0.3) is 0 Å². The molecule has 0 saturated heterocycles. The van der Waals surface area contributed by atoms with Gasteiger partial charge in [0, 0.05) is 19.3 Å². The summed E-state index contributed by atoms with van der Waals surface area (Å²) in [5, 5.41) is 11.6. The van der Waals surface area contributed by atoms with Gasteiger partial charge in [0.1, 0.15) is 12.6 Å². The van der Waals surface area contributed by atoms with Gasteiger partial charge < -0.3 is 28.6 Å². The Morgan fingerprint density at radius 3 is 1.52 bits per heavy atom. The summed E-state index contributed by atoms with van der Waals surface area (Å²) in [6, 6.07) is -0.741. The molecule has 0 aliphatic heterocycles. The SMILES string of the molecule is CC/C=C/C=C/C=C/C=C/C=C/C=C/CCCCCC(=O)OCC(COCCC(C(=O)[O-])[N+](C)(C)C)OC(=O)CCCCCCCC/C=C/C=C/CCCCC. The van der Waals surface area contributed by atoms with Crippen molar-refractivity contribution in [2.75, 3.05) is 41.0 Å². The monoisotopic (exact) mass is 780 g/mol. The normalized spacial score (nSPS) is 13.9. The third-order valence-electron chi connectivity index (χ3n) is 8.89. The molecule has 316 valence electrons. The fourth-order valence-corrected chi connectivity index (χ4v) is 5.56. The second-order valence-corrected chi connectivity index (χ2v) is 15.0. The number of likely N-dealkylation sites (N-methyl/N-ethyl adjacent to an activating group) is 1. The molecule has 2 atom stereocenters. The van der Waals surface area contributed by atoms with Gasteiger partial charge in [0.05, 0.1) is 40.3 Å². The van der Waals surface area contributed by atoms with Gasteiger partial charge in [0.15, 0.2) is 6.10 Å². The fourth-order valence-electron chi connectivity index (χ4n) is 5.56. The molecule has 0 aliphatic carbocycles. The van der Waals surface area contributed by atoms with Crippen LogP contribution < -0.4 is 5.11 Å². The molecule has 0 fully saturated rings. The molecule has 0 radical (unpaired) electrons. The van der Waals surface area contributed by atoms with Crippen molar-refractivity contribution in [3.8, 4) is 0 Å². The number of nitrogens with zero attached hydrogens (tertiary/aromatic N) is 1. The highest BCUT2D eigenvalue weighted by Gasteiger charge is 2.25. The van der Waals surface area contributed by atoms with Crippen LogP contribution in [0.15, 0.2) is 97.2 Å². The molecule has 0 aromatic heterocycles. The number of carbonyl (C=O) groups is 3. The first-order valence-corrected chi connectivity index (χ1v) is 21.4. The van der Waals surface area contributed by atoms with Gasteiger partial charge >= 0.3 is 11.9 Å². The molecular weight excluding hydrogens is 703 g/mol. The van der Waals surface area contributed by atoms with Crippen LogP contribution >= 0.6 is 0 Å². The summed E-state index contributed by atoms with van der Waals surface area (Å²) >= 11 is 0. The lowest BCUT2D eigenvalue weighted by atomic mass is 10.1.